The van der Waals surface area contributed by atoms with Gasteiger partial charge in [0.2, 0.25) is 0 Å². The smallest absolute Gasteiger partial charge is 0.417 e. The minimum Gasteiger partial charge on any atom is -0.491 e. The maximum atomic E-state index is 12.5. The molecule has 7 nitrogen and oxygen atoms in total. The zero-order valence-corrected chi connectivity index (χ0v) is 12.0. The predicted octanol–water partition coefficient (Wildman–Crippen LogP) is 1.77. The first-order valence-electron chi connectivity index (χ1n) is 7.22. The summed E-state index contributed by atoms with van der Waals surface area (Å²) in [7, 11) is 0. The number of aromatic nitrogens is 2. The van der Waals surface area contributed by atoms with Gasteiger partial charge >= 0.3 is 5.76 Å². The number of ether oxygens (including phenoxy) is 1. The third kappa shape index (κ3) is 2.46. The molecule has 23 heavy (non-hydrogen) atoms. The number of nitrogens with zero attached hydrogens (tertiary/aromatic N) is 1. The summed E-state index contributed by atoms with van der Waals surface area (Å²) in [6.07, 6.45) is 2.33. The Labute approximate surface area is 130 Å². The largest absolute Gasteiger partial charge is 0.491 e. The van der Waals surface area contributed by atoms with Crippen LogP contribution in [0, 0.1) is 0 Å². The number of aromatic amines is 1. The molecule has 2 N–H and O–H groups in total. The molecule has 1 amide bonds. The second kappa shape index (κ2) is 5.28. The molecule has 7 heteroatoms. The van der Waals surface area contributed by atoms with Gasteiger partial charge in [-0.05, 0) is 30.3 Å². The first-order chi connectivity index (χ1) is 11.2. The highest BCUT2D eigenvalue weighted by atomic mass is 16.5. The van der Waals surface area contributed by atoms with E-state index in [-0.39, 0.29) is 11.9 Å². The molecule has 1 aliphatic rings. The number of carbonyl (C=O) groups is 1. The molecule has 0 fully saturated rings. The van der Waals surface area contributed by atoms with Crippen LogP contribution in [0.25, 0.3) is 11.1 Å². The van der Waals surface area contributed by atoms with Crippen LogP contribution in [0.3, 0.4) is 0 Å². The average Bonchev–Trinajstić information content (AvgIpc) is 2.94. The van der Waals surface area contributed by atoms with Gasteiger partial charge in [-0.1, -0.05) is 0 Å². The highest BCUT2D eigenvalue weighted by molar-refractivity contribution is 5.97. The SMILES string of the molecule is O=C(NC1CCOc2cccnc21)c1ccc2oc(=O)[nH]c2c1. The molecule has 1 aliphatic heterocycles. The fraction of sp³-hybridized carbons (Fsp3) is 0.188. The molecule has 0 radical (unpaired) electrons. The molecule has 3 heterocycles. The lowest BCUT2D eigenvalue weighted by Gasteiger charge is -2.25. The van der Waals surface area contributed by atoms with E-state index in [0.717, 1.165) is 5.69 Å². The Hall–Kier alpha value is -3.09. The molecule has 0 spiro atoms. The molecule has 0 bridgehead atoms. The Bertz CT molecular complexity index is 944. The fourth-order valence-corrected chi connectivity index (χ4v) is 2.69. The van der Waals surface area contributed by atoms with Crippen molar-refractivity contribution in [2.24, 2.45) is 0 Å². The summed E-state index contributed by atoms with van der Waals surface area (Å²) in [5.74, 6) is -0.0868. The van der Waals surface area contributed by atoms with Crippen LogP contribution in [0.2, 0.25) is 0 Å². The first kappa shape index (κ1) is 13.6. The van der Waals surface area contributed by atoms with Crippen LogP contribution in [0.1, 0.15) is 28.5 Å². The van der Waals surface area contributed by atoms with Gasteiger partial charge in [-0.3, -0.25) is 14.8 Å². The van der Waals surface area contributed by atoms with Gasteiger partial charge in [0.1, 0.15) is 11.4 Å². The normalized spacial score (nSPS) is 16.6. The molecule has 116 valence electrons. The lowest BCUT2D eigenvalue weighted by molar-refractivity contribution is 0.0923. The van der Waals surface area contributed by atoms with Crippen LogP contribution >= 0.6 is 0 Å². The van der Waals surface area contributed by atoms with E-state index in [9.17, 15) is 9.59 Å². The van der Waals surface area contributed by atoms with Crippen molar-refractivity contribution in [3.8, 4) is 5.75 Å². The van der Waals surface area contributed by atoms with Gasteiger partial charge in [0.05, 0.1) is 18.2 Å². The van der Waals surface area contributed by atoms with E-state index in [2.05, 4.69) is 15.3 Å². The Morgan fingerprint density at radius 2 is 2.26 bits per heavy atom. The van der Waals surface area contributed by atoms with Crippen LogP contribution < -0.4 is 15.8 Å². The van der Waals surface area contributed by atoms with Crippen LogP contribution in [-0.2, 0) is 0 Å². The van der Waals surface area contributed by atoms with Crippen molar-refractivity contribution in [1.29, 1.82) is 0 Å². The maximum Gasteiger partial charge on any atom is 0.417 e. The number of benzene rings is 1. The fourth-order valence-electron chi connectivity index (χ4n) is 2.69. The van der Waals surface area contributed by atoms with Gasteiger partial charge in [0.15, 0.2) is 5.58 Å². The highest BCUT2D eigenvalue weighted by Crippen LogP contribution is 2.29. The zero-order valence-electron chi connectivity index (χ0n) is 12.0. The van der Waals surface area contributed by atoms with E-state index >= 15 is 0 Å². The van der Waals surface area contributed by atoms with Gasteiger partial charge in [-0.2, -0.15) is 0 Å². The predicted molar refractivity (Wildman–Crippen MR) is 81.4 cm³/mol. The highest BCUT2D eigenvalue weighted by Gasteiger charge is 2.24. The number of pyridine rings is 1. The number of fused-ring (bicyclic) bond motifs is 2. The molecule has 1 unspecified atom stereocenters. The number of amides is 1. The lowest BCUT2D eigenvalue weighted by Crippen LogP contribution is -2.32. The molecular formula is C16H13N3O4. The minimum absolute atomic E-state index is 0.202. The zero-order chi connectivity index (χ0) is 15.8. The van der Waals surface area contributed by atoms with Gasteiger partial charge in [0.25, 0.3) is 5.91 Å². The van der Waals surface area contributed by atoms with E-state index in [4.69, 9.17) is 9.15 Å². The maximum absolute atomic E-state index is 12.5. The molecule has 1 aromatic carbocycles. The number of rotatable bonds is 2. The van der Waals surface area contributed by atoms with Gasteiger partial charge in [-0.15, -0.1) is 0 Å². The average molecular weight is 311 g/mol. The molecule has 0 aliphatic carbocycles. The Kier molecular flexibility index (Phi) is 3.11. The quantitative estimate of drug-likeness (QED) is 0.751. The molecule has 4 rings (SSSR count). The molecule has 0 saturated heterocycles. The van der Waals surface area contributed by atoms with Crippen molar-refractivity contribution in [2.75, 3.05) is 6.61 Å². The molecule has 1 atom stereocenters. The summed E-state index contributed by atoms with van der Waals surface area (Å²) in [6.45, 7) is 0.526. The van der Waals surface area contributed by atoms with Crippen molar-refractivity contribution in [1.82, 2.24) is 15.3 Å². The van der Waals surface area contributed by atoms with Crippen LogP contribution in [0.5, 0.6) is 5.75 Å². The van der Waals surface area contributed by atoms with E-state index in [1.807, 2.05) is 6.07 Å². The number of hydrogen-bond donors (Lipinski definition) is 2. The summed E-state index contributed by atoms with van der Waals surface area (Å²) >= 11 is 0. The van der Waals surface area contributed by atoms with E-state index in [0.29, 0.717) is 35.4 Å². The Morgan fingerprint density at radius 1 is 1.35 bits per heavy atom. The van der Waals surface area contributed by atoms with E-state index in [1.54, 1.807) is 30.5 Å². The summed E-state index contributed by atoms with van der Waals surface area (Å²) < 4.78 is 10.5. The third-order valence-corrected chi connectivity index (χ3v) is 3.78. The number of nitrogens with one attached hydrogen (secondary N) is 2. The third-order valence-electron chi connectivity index (χ3n) is 3.78. The van der Waals surface area contributed by atoms with Crippen LogP contribution in [0.4, 0.5) is 0 Å². The van der Waals surface area contributed by atoms with Crippen molar-refractivity contribution < 1.29 is 13.9 Å². The summed E-state index contributed by atoms with van der Waals surface area (Å²) in [6, 6.07) is 8.24. The summed E-state index contributed by atoms with van der Waals surface area (Å²) in [4.78, 5) is 30.5. The molecule has 2 aromatic heterocycles. The van der Waals surface area contributed by atoms with Crippen molar-refractivity contribution in [2.45, 2.75) is 12.5 Å². The van der Waals surface area contributed by atoms with E-state index in [1.165, 1.54) is 0 Å². The lowest BCUT2D eigenvalue weighted by atomic mass is 10.1. The number of hydrogen-bond acceptors (Lipinski definition) is 5. The molecule has 0 saturated carbocycles. The summed E-state index contributed by atoms with van der Waals surface area (Å²) in [5.41, 5.74) is 2.08. The van der Waals surface area contributed by atoms with Crippen molar-refractivity contribution in [3.05, 3.63) is 58.3 Å². The van der Waals surface area contributed by atoms with Crippen molar-refractivity contribution >= 4 is 17.0 Å². The molecular weight excluding hydrogens is 298 g/mol. The van der Waals surface area contributed by atoms with Gasteiger partial charge in [0, 0.05) is 18.2 Å². The number of carbonyl (C=O) groups excluding carboxylic acids is 1. The van der Waals surface area contributed by atoms with Crippen LogP contribution in [0.15, 0.2) is 45.7 Å². The van der Waals surface area contributed by atoms with E-state index < -0.39 is 5.76 Å². The topological polar surface area (TPSA) is 97.2 Å². The number of oxazole rings is 1. The second-order valence-corrected chi connectivity index (χ2v) is 5.28. The van der Waals surface area contributed by atoms with Gasteiger partial charge in [-0.25, -0.2) is 4.79 Å². The molecule has 3 aromatic rings. The Balaban J connectivity index is 1.61. The second-order valence-electron chi connectivity index (χ2n) is 5.28. The summed E-state index contributed by atoms with van der Waals surface area (Å²) in [5, 5.41) is 2.96. The minimum atomic E-state index is -0.542. The number of H-pyrrole nitrogens is 1. The first-order valence-corrected chi connectivity index (χ1v) is 7.22. The Morgan fingerprint density at radius 3 is 3.17 bits per heavy atom. The monoisotopic (exact) mass is 311 g/mol. The van der Waals surface area contributed by atoms with Gasteiger partial charge < -0.3 is 14.5 Å². The van der Waals surface area contributed by atoms with Crippen molar-refractivity contribution in [3.63, 3.8) is 0 Å². The standard InChI is InChI=1S/C16H13N3O4/c20-15(9-3-4-12-11(8-9)19-16(21)23-12)18-10-5-7-22-13-2-1-6-17-14(10)13/h1-4,6,8,10H,5,7H2,(H,18,20)(H,19,21). The van der Waals surface area contributed by atoms with Crippen LogP contribution in [-0.4, -0.2) is 22.5 Å².